The first-order valence-electron chi connectivity index (χ1n) is 11.4. The van der Waals surface area contributed by atoms with Crippen molar-refractivity contribution in [2.24, 2.45) is 0 Å². The molecule has 1 heterocycles. The van der Waals surface area contributed by atoms with Crippen LogP contribution in [0, 0.1) is 13.8 Å². The van der Waals surface area contributed by atoms with Crippen molar-refractivity contribution in [3.8, 4) is 11.5 Å². The standard InChI is InChI=1S/C28H28N2O4/c1-5-33-22-14-10-20(11-15-22)25-26(29-21-12-16-23(17-13-21)34-6-2)28(32)30(27(25)31)24-9-7-8-18(3)19(24)4/h7-17,29H,5-6H2,1-4H3. The fourth-order valence-electron chi connectivity index (χ4n) is 3.94. The van der Waals surface area contributed by atoms with Crippen LogP contribution in [0.1, 0.15) is 30.5 Å². The fourth-order valence-corrected chi connectivity index (χ4v) is 3.94. The first-order chi connectivity index (χ1) is 16.4. The molecule has 2 amide bonds. The number of carbonyl (C=O) groups is 2. The number of amides is 2. The van der Waals surface area contributed by atoms with E-state index in [4.69, 9.17) is 9.47 Å². The molecule has 3 aromatic rings. The Morgan fingerprint density at radius 3 is 1.94 bits per heavy atom. The van der Waals surface area contributed by atoms with Crippen LogP contribution in [0.5, 0.6) is 11.5 Å². The molecule has 0 saturated heterocycles. The van der Waals surface area contributed by atoms with Crippen LogP contribution in [0.4, 0.5) is 11.4 Å². The third-order valence-electron chi connectivity index (χ3n) is 5.79. The topological polar surface area (TPSA) is 67.9 Å². The van der Waals surface area contributed by atoms with Gasteiger partial charge in [0.15, 0.2) is 0 Å². The van der Waals surface area contributed by atoms with Crippen molar-refractivity contribution in [1.29, 1.82) is 0 Å². The second kappa shape index (κ2) is 9.83. The van der Waals surface area contributed by atoms with Crippen molar-refractivity contribution in [3.05, 3.63) is 89.1 Å². The van der Waals surface area contributed by atoms with Gasteiger partial charge in [-0.15, -0.1) is 0 Å². The van der Waals surface area contributed by atoms with E-state index in [1.165, 1.54) is 4.90 Å². The predicted molar refractivity (Wildman–Crippen MR) is 134 cm³/mol. The van der Waals surface area contributed by atoms with Crippen molar-refractivity contribution >= 4 is 28.8 Å². The monoisotopic (exact) mass is 456 g/mol. The number of ether oxygens (including phenoxy) is 2. The van der Waals surface area contributed by atoms with Gasteiger partial charge >= 0.3 is 0 Å². The summed E-state index contributed by atoms with van der Waals surface area (Å²) < 4.78 is 11.0. The third kappa shape index (κ3) is 4.39. The van der Waals surface area contributed by atoms with E-state index in [1.54, 1.807) is 30.3 Å². The molecule has 34 heavy (non-hydrogen) atoms. The van der Waals surface area contributed by atoms with Gasteiger partial charge in [-0.3, -0.25) is 9.59 Å². The van der Waals surface area contributed by atoms with Crippen molar-refractivity contribution in [1.82, 2.24) is 0 Å². The van der Waals surface area contributed by atoms with Crippen LogP contribution in [0.25, 0.3) is 5.57 Å². The summed E-state index contributed by atoms with van der Waals surface area (Å²) >= 11 is 0. The number of hydrogen-bond donors (Lipinski definition) is 1. The smallest absolute Gasteiger partial charge is 0.282 e. The molecule has 0 unspecified atom stereocenters. The van der Waals surface area contributed by atoms with Crippen molar-refractivity contribution in [3.63, 3.8) is 0 Å². The van der Waals surface area contributed by atoms with Gasteiger partial charge in [-0.1, -0.05) is 24.3 Å². The number of imide groups is 1. The largest absolute Gasteiger partial charge is 0.494 e. The Morgan fingerprint density at radius 1 is 0.765 bits per heavy atom. The van der Waals surface area contributed by atoms with E-state index in [2.05, 4.69) is 5.32 Å². The van der Waals surface area contributed by atoms with Gasteiger partial charge in [-0.25, -0.2) is 4.90 Å². The van der Waals surface area contributed by atoms with Crippen LogP contribution in [0.3, 0.4) is 0 Å². The van der Waals surface area contributed by atoms with Crippen molar-refractivity contribution in [2.45, 2.75) is 27.7 Å². The Bertz CT molecular complexity index is 1240. The molecule has 0 saturated carbocycles. The van der Waals surface area contributed by atoms with Crippen LogP contribution in [0.15, 0.2) is 72.4 Å². The quantitative estimate of drug-likeness (QED) is 0.454. The van der Waals surface area contributed by atoms with E-state index >= 15 is 0 Å². The molecular weight excluding hydrogens is 428 g/mol. The Labute approximate surface area is 199 Å². The number of nitrogens with zero attached hydrogens (tertiary/aromatic N) is 1. The van der Waals surface area contributed by atoms with E-state index in [1.807, 2.05) is 64.1 Å². The normalized spacial score (nSPS) is 13.5. The van der Waals surface area contributed by atoms with Crippen molar-refractivity contribution < 1.29 is 19.1 Å². The van der Waals surface area contributed by atoms with Crippen LogP contribution in [-0.4, -0.2) is 25.0 Å². The molecule has 0 radical (unpaired) electrons. The number of aryl methyl sites for hydroxylation is 1. The number of rotatable bonds is 8. The van der Waals surface area contributed by atoms with E-state index < -0.39 is 5.91 Å². The highest BCUT2D eigenvalue weighted by Crippen LogP contribution is 2.36. The highest BCUT2D eigenvalue weighted by Gasteiger charge is 2.41. The molecule has 1 N–H and O–H groups in total. The average molecular weight is 457 g/mol. The van der Waals surface area contributed by atoms with Crippen LogP contribution >= 0.6 is 0 Å². The van der Waals surface area contributed by atoms with Gasteiger partial charge in [-0.2, -0.15) is 0 Å². The minimum absolute atomic E-state index is 0.235. The maximum absolute atomic E-state index is 13.7. The highest BCUT2D eigenvalue weighted by molar-refractivity contribution is 6.46. The van der Waals surface area contributed by atoms with Crippen LogP contribution in [0.2, 0.25) is 0 Å². The lowest BCUT2D eigenvalue weighted by Gasteiger charge is -2.19. The number of anilines is 2. The highest BCUT2D eigenvalue weighted by atomic mass is 16.5. The van der Waals surface area contributed by atoms with Gasteiger partial charge < -0.3 is 14.8 Å². The first kappa shape index (κ1) is 23.1. The Balaban J connectivity index is 1.77. The molecular formula is C28H28N2O4. The molecule has 0 aromatic heterocycles. The van der Waals surface area contributed by atoms with E-state index in [-0.39, 0.29) is 11.6 Å². The lowest BCUT2D eigenvalue weighted by Crippen LogP contribution is -2.33. The summed E-state index contributed by atoms with van der Waals surface area (Å²) in [6, 6.07) is 20.1. The molecule has 1 aliphatic heterocycles. The molecule has 0 spiro atoms. The zero-order chi connectivity index (χ0) is 24.2. The number of carbonyl (C=O) groups excluding carboxylic acids is 2. The summed E-state index contributed by atoms with van der Waals surface area (Å²) in [4.78, 5) is 28.6. The van der Waals surface area contributed by atoms with Gasteiger partial charge in [-0.05, 0) is 86.8 Å². The van der Waals surface area contributed by atoms with Gasteiger partial charge in [0.1, 0.15) is 17.2 Å². The Kier molecular flexibility index (Phi) is 6.68. The van der Waals surface area contributed by atoms with E-state index in [9.17, 15) is 9.59 Å². The van der Waals surface area contributed by atoms with Gasteiger partial charge in [0.05, 0.1) is 24.5 Å². The first-order valence-corrected chi connectivity index (χ1v) is 11.4. The van der Waals surface area contributed by atoms with Gasteiger partial charge in [0, 0.05) is 5.69 Å². The molecule has 174 valence electrons. The summed E-state index contributed by atoms with van der Waals surface area (Å²) in [7, 11) is 0. The number of hydrogen-bond acceptors (Lipinski definition) is 5. The molecule has 0 atom stereocenters. The lowest BCUT2D eigenvalue weighted by molar-refractivity contribution is -0.120. The molecule has 0 fully saturated rings. The second-order valence-corrected chi connectivity index (χ2v) is 7.95. The van der Waals surface area contributed by atoms with Gasteiger partial charge in [0.25, 0.3) is 11.8 Å². The zero-order valence-electron chi connectivity index (χ0n) is 19.8. The van der Waals surface area contributed by atoms with E-state index in [0.29, 0.717) is 41.5 Å². The molecule has 4 rings (SSSR count). The molecule has 6 heteroatoms. The average Bonchev–Trinajstić information content (AvgIpc) is 3.07. The van der Waals surface area contributed by atoms with Crippen LogP contribution < -0.4 is 19.7 Å². The van der Waals surface area contributed by atoms with E-state index in [0.717, 1.165) is 16.9 Å². The van der Waals surface area contributed by atoms with Crippen LogP contribution in [-0.2, 0) is 9.59 Å². The second-order valence-electron chi connectivity index (χ2n) is 7.95. The van der Waals surface area contributed by atoms with Crippen molar-refractivity contribution in [2.75, 3.05) is 23.4 Å². The zero-order valence-corrected chi connectivity index (χ0v) is 19.8. The number of benzene rings is 3. The lowest BCUT2D eigenvalue weighted by atomic mass is 10.0. The fraction of sp³-hybridized carbons (Fsp3) is 0.214. The molecule has 1 aliphatic rings. The summed E-state index contributed by atoms with van der Waals surface area (Å²) in [6.07, 6.45) is 0. The third-order valence-corrected chi connectivity index (χ3v) is 5.79. The molecule has 6 nitrogen and oxygen atoms in total. The molecule has 3 aromatic carbocycles. The Morgan fingerprint density at radius 2 is 1.35 bits per heavy atom. The minimum Gasteiger partial charge on any atom is -0.494 e. The number of nitrogens with one attached hydrogen (secondary N) is 1. The summed E-state index contributed by atoms with van der Waals surface area (Å²) in [5.41, 5.74) is 4.36. The Hall–Kier alpha value is -4.06. The maximum atomic E-state index is 13.7. The SMILES string of the molecule is CCOc1ccc(NC2=C(c3ccc(OCC)cc3)C(=O)N(c3cccc(C)c3C)C2=O)cc1. The minimum atomic E-state index is -0.392. The molecule has 0 aliphatic carbocycles. The predicted octanol–water partition coefficient (Wildman–Crippen LogP) is 5.50. The summed E-state index contributed by atoms with van der Waals surface area (Å²) in [5, 5.41) is 3.19. The maximum Gasteiger partial charge on any atom is 0.282 e. The molecule has 0 bridgehead atoms. The van der Waals surface area contributed by atoms with Gasteiger partial charge in [0.2, 0.25) is 0 Å². The summed E-state index contributed by atoms with van der Waals surface area (Å²) in [5.74, 6) is 0.684. The summed E-state index contributed by atoms with van der Waals surface area (Å²) in [6.45, 7) is 8.83.